The fourth-order valence-electron chi connectivity index (χ4n) is 5.46. The largest absolute Gasteiger partial charge is 0.401 e. The predicted octanol–water partition coefficient (Wildman–Crippen LogP) is 2.39. The van der Waals surface area contributed by atoms with Crippen molar-refractivity contribution in [2.75, 3.05) is 45.2 Å². The number of piperazine rings is 1. The highest BCUT2D eigenvalue weighted by molar-refractivity contribution is 7.90. The van der Waals surface area contributed by atoms with Crippen LogP contribution in [0.3, 0.4) is 0 Å². The first-order valence-corrected chi connectivity index (χ1v) is 13.8. The van der Waals surface area contributed by atoms with Crippen molar-refractivity contribution in [1.29, 1.82) is 0 Å². The number of nitrogens with one attached hydrogen (secondary N) is 1. The number of amides is 2. The van der Waals surface area contributed by atoms with Crippen molar-refractivity contribution in [2.24, 2.45) is 5.73 Å². The number of carbonyl (C=O) groups excluding carboxylic acids is 2. The Kier molecular flexibility index (Phi) is 7.70. The third kappa shape index (κ3) is 5.47. The quantitative estimate of drug-likeness (QED) is 0.456. The lowest BCUT2D eigenvalue weighted by molar-refractivity contribution is -0.137. The van der Waals surface area contributed by atoms with Gasteiger partial charge in [0, 0.05) is 73.6 Å². The molecule has 2 atom stereocenters. The maximum Gasteiger partial charge on any atom is 0.256 e. The molecule has 12 heteroatoms. The molecule has 6 rings (SSSR count). The van der Waals surface area contributed by atoms with E-state index in [0.717, 1.165) is 45.4 Å². The maximum absolute atomic E-state index is 13.3. The third-order valence-electron chi connectivity index (χ3n) is 7.42. The van der Waals surface area contributed by atoms with E-state index in [-0.39, 0.29) is 30.5 Å². The molecule has 4 fully saturated rings. The van der Waals surface area contributed by atoms with Crippen molar-refractivity contribution in [3.63, 3.8) is 0 Å². The lowest BCUT2D eigenvalue weighted by Crippen LogP contribution is -2.71. The summed E-state index contributed by atoms with van der Waals surface area (Å²) in [4.78, 5) is 41.4. The zero-order chi connectivity index (χ0) is 26.1. The van der Waals surface area contributed by atoms with E-state index < -0.39 is 0 Å². The van der Waals surface area contributed by atoms with Crippen LogP contribution in [0.15, 0.2) is 29.4 Å². The van der Waals surface area contributed by atoms with Crippen LogP contribution in [0.1, 0.15) is 42.2 Å². The Bertz CT molecular complexity index is 1160. The van der Waals surface area contributed by atoms with Crippen molar-refractivity contribution in [3.05, 3.63) is 40.7 Å². The van der Waals surface area contributed by atoms with Gasteiger partial charge in [-0.25, -0.2) is 9.97 Å². The summed E-state index contributed by atoms with van der Waals surface area (Å²) >= 11 is 5.84. The van der Waals surface area contributed by atoms with E-state index in [9.17, 15) is 9.59 Å². The molecule has 37 heavy (non-hydrogen) atoms. The van der Waals surface area contributed by atoms with Gasteiger partial charge in [-0.3, -0.25) is 14.5 Å². The van der Waals surface area contributed by atoms with Crippen LogP contribution in [0.25, 0.3) is 4.91 Å². The van der Waals surface area contributed by atoms with Crippen LogP contribution in [0.5, 0.6) is 0 Å². The van der Waals surface area contributed by atoms with E-state index >= 15 is 0 Å². The van der Waals surface area contributed by atoms with E-state index in [1.165, 1.54) is 11.3 Å². The lowest BCUT2D eigenvalue weighted by Gasteiger charge is -2.58. The van der Waals surface area contributed by atoms with Gasteiger partial charge in [0.05, 0.1) is 11.3 Å². The first-order chi connectivity index (χ1) is 17.8. The summed E-state index contributed by atoms with van der Waals surface area (Å²) in [5.41, 5.74) is 7.72. The number of fused-ring (bicyclic) bond motifs is 2. The topological polar surface area (TPSA) is 117 Å². The second kappa shape index (κ2) is 11.0. The number of thiazole rings is 1. The highest BCUT2D eigenvalue weighted by atomic mass is 32.1. The first kappa shape index (κ1) is 26.0. The maximum atomic E-state index is 13.3. The van der Waals surface area contributed by atoms with Gasteiger partial charge in [0.1, 0.15) is 12.4 Å². The highest BCUT2D eigenvalue weighted by Gasteiger charge is 2.48. The number of rotatable bonds is 7. The molecule has 0 radical (unpaired) electrons. The van der Waals surface area contributed by atoms with E-state index in [1.54, 1.807) is 26.3 Å². The van der Waals surface area contributed by atoms with Crippen molar-refractivity contribution in [2.45, 2.75) is 44.3 Å². The summed E-state index contributed by atoms with van der Waals surface area (Å²) in [5, 5.41) is 5.74. The number of hydrogen-bond acceptors (Lipinski definition) is 10. The SMILES string of the molecule is COCC(=O)N1CCC(N2C[C@H]3C[C@@H](C2)N3C(=O)c2ccc(Nc3nc(/C(S)=C(\C)N)cs3)nc2)CC1. The highest BCUT2D eigenvalue weighted by Crippen LogP contribution is 2.36. The van der Waals surface area contributed by atoms with Crippen LogP contribution in [0.4, 0.5) is 10.9 Å². The van der Waals surface area contributed by atoms with E-state index in [2.05, 4.69) is 32.8 Å². The number of nitrogens with two attached hydrogens (primary N) is 1. The molecule has 0 aromatic carbocycles. The molecule has 0 aliphatic carbocycles. The van der Waals surface area contributed by atoms with Gasteiger partial charge >= 0.3 is 0 Å². The standard InChI is InChI=1S/C25H33N7O3S2/c1-15(26)23(36)20-14-37-25(28-20)29-21-4-3-16(10-27-21)24(34)32-18-9-19(32)12-31(11-18)17-5-7-30(8-6-17)22(33)13-35-2/h3-4,10,14,17-19,36H,5-9,11-13,26H2,1-2H3,(H,27,28,29)/b23-15-/t18-,19+. The van der Waals surface area contributed by atoms with E-state index in [0.29, 0.717) is 38.9 Å². The molecule has 0 unspecified atom stereocenters. The summed E-state index contributed by atoms with van der Waals surface area (Å²) in [7, 11) is 1.55. The van der Waals surface area contributed by atoms with Crippen LogP contribution in [-0.2, 0) is 9.53 Å². The second-order valence-electron chi connectivity index (χ2n) is 9.88. The van der Waals surface area contributed by atoms with Crippen LogP contribution in [0, 0.1) is 0 Å². The molecule has 2 bridgehead atoms. The summed E-state index contributed by atoms with van der Waals surface area (Å²) < 4.78 is 4.98. The monoisotopic (exact) mass is 543 g/mol. The fourth-order valence-corrected chi connectivity index (χ4v) is 6.37. The molecule has 4 aliphatic heterocycles. The number of ether oxygens (including phenoxy) is 1. The zero-order valence-corrected chi connectivity index (χ0v) is 22.8. The predicted molar refractivity (Wildman–Crippen MR) is 147 cm³/mol. The number of anilines is 2. The molecule has 0 saturated carbocycles. The Balaban J connectivity index is 1.14. The Hall–Kier alpha value is -2.67. The van der Waals surface area contributed by atoms with Crippen LogP contribution in [-0.4, -0.2) is 94.5 Å². The van der Waals surface area contributed by atoms with Gasteiger partial charge in [-0.15, -0.1) is 24.0 Å². The zero-order valence-electron chi connectivity index (χ0n) is 21.1. The summed E-state index contributed by atoms with van der Waals surface area (Å²) in [5.74, 6) is 0.729. The molecule has 2 aromatic rings. The van der Waals surface area contributed by atoms with Crippen molar-refractivity contribution >= 4 is 51.6 Å². The van der Waals surface area contributed by atoms with Gasteiger partial charge in [-0.1, -0.05) is 0 Å². The third-order valence-corrected chi connectivity index (χ3v) is 8.76. The average molecular weight is 544 g/mol. The Labute approximate surface area is 226 Å². The number of pyridine rings is 1. The molecular weight excluding hydrogens is 510 g/mol. The lowest BCUT2D eigenvalue weighted by atomic mass is 9.84. The number of methoxy groups -OCH3 is 1. The minimum Gasteiger partial charge on any atom is -0.401 e. The summed E-state index contributed by atoms with van der Waals surface area (Å²) in [6.45, 7) is 5.26. The van der Waals surface area contributed by atoms with Gasteiger partial charge in [-0.2, -0.15) is 0 Å². The Morgan fingerprint density at radius 2 is 1.95 bits per heavy atom. The molecule has 6 heterocycles. The number of piperidine rings is 2. The van der Waals surface area contributed by atoms with Crippen LogP contribution < -0.4 is 11.1 Å². The summed E-state index contributed by atoms with van der Waals surface area (Å²) in [6, 6.07) is 4.57. The van der Waals surface area contributed by atoms with Crippen LogP contribution in [0.2, 0.25) is 0 Å². The smallest absolute Gasteiger partial charge is 0.256 e. The fraction of sp³-hybridized carbons (Fsp3) is 0.520. The molecule has 198 valence electrons. The minimum atomic E-state index is 0.0414. The molecular formula is C25H33N7O3S2. The molecule has 10 nitrogen and oxygen atoms in total. The second-order valence-corrected chi connectivity index (χ2v) is 11.2. The van der Waals surface area contributed by atoms with E-state index in [1.807, 2.05) is 21.2 Å². The van der Waals surface area contributed by atoms with Crippen molar-refractivity contribution in [1.82, 2.24) is 24.7 Å². The average Bonchev–Trinajstić information content (AvgIpc) is 3.37. The first-order valence-electron chi connectivity index (χ1n) is 12.5. The molecule has 0 spiro atoms. The van der Waals surface area contributed by atoms with Crippen LogP contribution >= 0.6 is 24.0 Å². The molecule has 4 aliphatic rings. The number of aromatic nitrogens is 2. The van der Waals surface area contributed by atoms with Gasteiger partial charge in [0.25, 0.3) is 5.91 Å². The number of likely N-dealkylation sites (tertiary alicyclic amines) is 1. The molecule has 3 N–H and O–H groups in total. The summed E-state index contributed by atoms with van der Waals surface area (Å²) in [6.07, 6.45) is 4.63. The van der Waals surface area contributed by atoms with Gasteiger partial charge in [0.15, 0.2) is 5.13 Å². The number of carbonyl (C=O) groups is 2. The molecule has 2 amide bonds. The number of thiol groups is 1. The van der Waals surface area contributed by atoms with Crippen molar-refractivity contribution in [3.8, 4) is 0 Å². The molecule has 2 aromatic heterocycles. The number of allylic oxidation sites excluding steroid dienone is 1. The molecule has 4 saturated heterocycles. The normalized spacial score (nSPS) is 22.9. The Morgan fingerprint density at radius 3 is 2.57 bits per heavy atom. The van der Waals surface area contributed by atoms with Gasteiger partial charge in [-0.05, 0) is 38.3 Å². The van der Waals surface area contributed by atoms with Gasteiger partial charge in [0.2, 0.25) is 5.91 Å². The van der Waals surface area contributed by atoms with Gasteiger partial charge < -0.3 is 25.6 Å². The minimum absolute atomic E-state index is 0.0414. The Morgan fingerprint density at radius 1 is 1.22 bits per heavy atom. The van der Waals surface area contributed by atoms with E-state index in [4.69, 9.17) is 10.5 Å². The number of nitrogens with zero attached hydrogens (tertiary/aromatic N) is 5. The van der Waals surface area contributed by atoms with Crippen molar-refractivity contribution < 1.29 is 14.3 Å². The number of hydrogen-bond donors (Lipinski definition) is 3.